The molecule has 0 aliphatic rings. The largest absolute Gasteiger partial charge is 0.366 e. The number of aldehydes is 2. The summed E-state index contributed by atoms with van der Waals surface area (Å²) in [7, 11) is 0. The second kappa shape index (κ2) is 9.65. The van der Waals surface area contributed by atoms with Gasteiger partial charge < -0.3 is 9.69 Å². The summed E-state index contributed by atoms with van der Waals surface area (Å²) in [6.07, 6.45) is 11.8. The minimum atomic E-state index is 0.278. The molecule has 0 saturated carbocycles. The first-order chi connectivity index (χ1) is 7.74. The third-order valence-electron chi connectivity index (χ3n) is 1.76. The lowest BCUT2D eigenvalue weighted by Gasteiger charge is -2.16. The highest BCUT2D eigenvalue weighted by Crippen LogP contribution is 1.99. The summed E-state index contributed by atoms with van der Waals surface area (Å²) in [4.78, 5) is 22.3. The number of hydrogen-bond acceptors (Lipinski definition) is 3. The highest BCUT2D eigenvalue weighted by atomic mass is 16.1. The van der Waals surface area contributed by atoms with E-state index in [0.29, 0.717) is 12.8 Å². The summed E-state index contributed by atoms with van der Waals surface area (Å²) in [5.74, 6) is 0. The summed E-state index contributed by atoms with van der Waals surface area (Å²) in [5.41, 5.74) is 1.09. The molecule has 16 heavy (non-hydrogen) atoms. The van der Waals surface area contributed by atoms with Crippen LogP contribution in [0.1, 0.15) is 6.92 Å². The van der Waals surface area contributed by atoms with Crippen molar-refractivity contribution < 1.29 is 9.59 Å². The van der Waals surface area contributed by atoms with Gasteiger partial charge in [0.15, 0.2) is 0 Å². The highest BCUT2D eigenvalue weighted by Gasteiger charge is 1.98. The SMILES string of the molecule is C=C/C=C\C=C(\C)CN(/C=C/C=O)CC=O. The van der Waals surface area contributed by atoms with E-state index in [1.165, 1.54) is 6.08 Å². The lowest BCUT2D eigenvalue weighted by atomic mass is 10.2. The van der Waals surface area contributed by atoms with Crippen molar-refractivity contribution in [3.05, 3.63) is 48.7 Å². The monoisotopic (exact) mass is 219 g/mol. The Morgan fingerprint density at radius 3 is 2.56 bits per heavy atom. The Morgan fingerprint density at radius 1 is 1.25 bits per heavy atom. The van der Waals surface area contributed by atoms with Crippen LogP contribution in [-0.4, -0.2) is 30.6 Å². The predicted octanol–water partition coefficient (Wildman–Crippen LogP) is 1.89. The molecule has 3 heteroatoms. The molecule has 0 N–H and O–H groups in total. The zero-order chi connectivity index (χ0) is 12.2. The minimum absolute atomic E-state index is 0.278. The Hall–Kier alpha value is -1.90. The van der Waals surface area contributed by atoms with E-state index in [-0.39, 0.29) is 6.54 Å². The van der Waals surface area contributed by atoms with Gasteiger partial charge in [-0.25, -0.2) is 0 Å². The maximum absolute atomic E-state index is 10.4. The van der Waals surface area contributed by atoms with E-state index in [9.17, 15) is 9.59 Å². The molecule has 86 valence electrons. The number of hydrogen-bond donors (Lipinski definition) is 0. The maximum Gasteiger partial charge on any atom is 0.144 e. The van der Waals surface area contributed by atoms with Gasteiger partial charge in [0.25, 0.3) is 0 Å². The van der Waals surface area contributed by atoms with E-state index >= 15 is 0 Å². The van der Waals surface area contributed by atoms with Crippen LogP contribution in [0.25, 0.3) is 0 Å². The molecule has 0 heterocycles. The van der Waals surface area contributed by atoms with Gasteiger partial charge in [0.2, 0.25) is 0 Å². The fraction of sp³-hybridized carbons (Fsp3) is 0.231. The van der Waals surface area contributed by atoms with Crippen molar-refractivity contribution in [2.24, 2.45) is 0 Å². The van der Waals surface area contributed by atoms with Crippen molar-refractivity contribution in [1.29, 1.82) is 0 Å². The van der Waals surface area contributed by atoms with Crippen molar-refractivity contribution in [3.8, 4) is 0 Å². The number of rotatable bonds is 8. The van der Waals surface area contributed by atoms with E-state index in [2.05, 4.69) is 6.58 Å². The molecule has 0 spiro atoms. The topological polar surface area (TPSA) is 37.4 Å². The second-order valence-corrected chi connectivity index (χ2v) is 3.21. The van der Waals surface area contributed by atoms with Gasteiger partial charge >= 0.3 is 0 Å². The van der Waals surface area contributed by atoms with Crippen LogP contribution in [0.4, 0.5) is 0 Å². The Morgan fingerprint density at radius 2 is 2.00 bits per heavy atom. The predicted molar refractivity (Wildman–Crippen MR) is 65.9 cm³/mol. The van der Waals surface area contributed by atoms with Gasteiger partial charge in [-0.15, -0.1) is 0 Å². The molecule has 0 aliphatic heterocycles. The number of nitrogens with zero attached hydrogens (tertiary/aromatic N) is 1. The van der Waals surface area contributed by atoms with Crippen molar-refractivity contribution in [2.75, 3.05) is 13.1 Å². The van der Waals surface area contributed by atoms with Crippen LogP contribution in [0.2, 0.25) is 0 Å². The summed E-state index contributed by atoms with van der Waals surface area (Å²) in [5, 5.41) is 0. The average Bonchev–Trinajstić information content (AvgIpc) is 2.26. The molecule has 0 aromatic heterocycles. The summed E-state index contributed by atoms with van der Waals surface area (Å²) < 4.78 is 0. The highest BCUT2D eigenvalue weighted by molar-refractivity contribution is 5.64. The Bertz CT molecular complexity index is 314. The van der Waals surface area contributed by atoms with Crippen LogP contribution in [0.15, 0.2) is 48.7 Å². The van der Waals surface area contributed by atoms with Gasteiger partial charge in [-0.2, -0.15) is 0 Å². The summed E-state index contributed by atoms with van der Waals surface area (Å²) in [6, 6.07) is 0. The normalized spacial score (nSPS) is 11.9. The number of carbonyl (C=O) groups excluding carboxylic acids is 2. The van der Waals surface area contributed by atoms with Crippen LogP contribution < -0.4 is 0 Å². The third kappa shape index (κ3) is 7.50. The molecule has 0 saturated heterocycles. The van der Waals surface area contributed by atoms with Gasteiger partial charge in [0.05, 0.1) is 6.54 Å². The van der Waals surface area contributed by atoms with Gasteiger partial charge in [0, 0.05) is 12.7 Å². The molecule has 0 atom stereocenters. The molecule has 0 aromatic carbocycles. The minimum Gasteiger partial charge on any atom is -0.366 e. The van der Waals surface area contributed by atoms with Crippen LogP contribution in [-0.2, 0) is 9.59 Å². The van der Waals surface area contributed by atoms with Crippen molar-refractivity contribution in [3.63, 3.8) is 0 Å². The lowest BCUT2D eigenvalue weighted by molar-refractivity contribution is -0.108. The second-order valence-electron chi connectivity index (χ2n) is 3.21. The van der Waals surface area contributed by atoms with Gasteiger partial charge in [-0.1, -0.05) is 36.5 Å². The zero-order valence-corrected chi connectivity index (χ0v) is 9.50. The van der Waals surface area contributed by atoms with E-state index in [0.717, 1.165) is 11.9 Å². The van der Waals surface area contributed by atoms with Crippen molar-refractivity contribution >= 4 is 12.6 Å². The van der Waals surface area contributed by atoms with Gasteiger partial charge in [-0.3, -0.25) is 4.79 Å². The standard InChI is InChI=1S/C13H17NO2/c1-3-4-5-7-13(2)12-14(9-11-16)8-6-10-15/h3-8,10-11H,1,9,12H2,2H3/b5-4-,8-6+,13-7-. The number of carbonyl (C=O) groups is 2. The summed E-state index contributed by atoms with van der Waals surface area (Å²) >= 11 is 0. The molecule has 0 rings (SSSR count). The first-order valence-electron chi connectivity index (χ1n) is 4.99. The molecule has 0 fully saturated rings. The fourth-order valence-corrected chi connectivity index (χ4v) is 1.10. The van der Waals surface area contributed by atoms with Crippen LogP contribution in [0.5, 0.6) is 0 Å². The molecular formula is C13H17NO2. The molecule has 0 bridgehead atoms. The van der Waals surface area contributed by atoms with Crippen molar-refractivity contribution in [1.82, 2.24) is 4.90 Å². The molecule has 0 radical (unpaired) electrons. The third-order valence-corrected chi connectivity index (χ3v) is 1.76. The molecule has 3 nitrogen and oxygen atoms in total. The maximum atomic E-state index is 10.4. The first-order valence-corrected chi connectivity index (χ1v) is 4.99. The Kier molecular flexibility index (Phi) is 8.50. The fourth-order valence-electron chi connectivity index (χ4n) is 1.10. The number of allylic oxidation sites excluding steroid dienone is 5. The lowest BCUT2D eigenvalue weighted by Crippen LogP contribution is -2.21. The molecular weight excluding hydrogens is 202 g/mol. The zero-order valence-electron chi connectivity index (χ0n) is 9.50. The molecule has 0 unspecified atom stereocenters. The average molecular weight is 219 g/mol. The van der Waals surface area contributed by atoms with E-state index in [4.69, 9.17) is 0 Å². The molecule has 0 amide bonds. The summed E-state index contributed by atoms with van der Waals surface area (Å²) in [6.45, 7) is 6.42. The van der Waals surface area contributed by atoms with E-state index in [1.807, 2.05) is 25.2 Å². The quantitative estimate of drug-likeness (QED) is 0.355. The van der Waals surface area contributed by atoms with Crippen LogP contribution in [0, 0.1) is 0 Å². The van der Waals surface area contributed by atoms with Crippen molar-refractivity contribution in [2.45, 2.75) is 6.92 Å². The van der Waals surface area contributed by atoms with E-state index < -0.39 is 0 Å². The van der Waals surface area contributed by atoms with Gasteiger partial charge in [-0.05, 0) is 13.0 Å². The van der Waals surface area contributed by atoms with Gasteiger partial charge in [0.1, 0.15) is 12.6 Å². The smallest absolute Gasteiger partial charge is 0.144 e. The van der Waals surface area contributed by atoms with E-state index in [1.54, 1.807) is 17.2 Å². The van der Waals surface area contributed by atoms with Crippen LogP contribution >= 0.6 is 0 Å². The van der Waals surface area contributed by atoms with Crippen LogP contribution in [0.3, 0.4) is 0 Å². The Labute approximate surface area is 96.4 Å². The molecule has 0 aliphatic carbocycles. The first kappa shape index (κ1) is 14.1. The Balaban J connectivity index is 4.36. The molecule has 0 aromatic rings.